The molecule has 0 rings (SSSR count). The first-order valence-electron chi connectivity index (χ1n) is 2.79. The minimum Gasteiger partial charge on any atom is -0.144 e. The Balaban J connectivity index is 2.79. The van der Waals surface area contributed by atoms with E-state index in [2.05, 4.69) is 12.8 Å². The Morgan fingerprint density at radius 1 is 1.38 bits per heavy atom. The van der Waals surface area contributed by atoms with Gasteiger partial charge >= 0.3 is 0 Å². The van der Waals surface area contributed by atoms with Crippen LogP contribution >= 0.6 is 0 Å². The van der Waals surface area contributed by atoms with Crippen LogP contribution in [0.5, 0.6) is 0 Å². The van der Waals surface area contributed by atoms with Gasteiger partial charge in [-0.15, -0.1) is 4.39 Å². The number of rotatable bonds is 3. The van der Waals surface area contributed by atoms with Crippen LogP contribution in [0.1, 0.15) is 25.7 Å². The van der Waals surface area contributed by atoms with Gasteiger partial charge in [0.25, 0.3) is 0 Å². The van der Waals surface area contributed by atoms with Crippen LogP contribution in [0.4, 0.5) is 4.39 Å². The average Bonchev–Trinajstić information content (AvgIpc) is 1.81. The van der Waals surface area contributed by atoms with Crippen molar-refractivity contribution in [2.75, 3.05) is 0 Å². The first-order chi connectivity index (χ1) is 3.91. The quantitative estimate of drug-likeness (QED) is 0.389. The lowest BCUT2D eigenvalue weighted by molar-refractivity contribution is 0.749. The Morgan fingerprint density at radius 2 is 2.12 bits per heavy atom. The lowest BCUT2D eigenvalue weighted by atomic mass is 10.2. The summed E-state index contributed by atoms with van der Waals surface area (Å²) in [6.07, 6.45) is 4.98. The van der Waals surface area contributed by atoms with Crippen molar-refractivity contribution in [3.63, 3.8) is 0 Å². The molecule has 0 unspecified atom stereocenters. The fourth-order valence-electron chi connectivity index (χ4n) is 0.437. The van der Waals surface area contributed by atoms with E-state index in [-0.39, 0.29) is 0 Å². The Labute approximate surface area is 50.1 Å². The van der Waals surface area contributed by atoms with E-state index < -0.39 is 0 Å². The van der Waals surface area contributed by atoms with Gasteiger partial charge in [-0.2, -0.15) is 0 Å². The first-order valence-corrected chi connectivity index (χ1v) is 2.79. The Morgan fingerprint density at radius 3 is 2.62 bits per heavy atom. The monoisotopic (exact) mass is 113 g/mol. The highest BCUT2D eigenvalue weighted by Gasteiger charge is 1.79. The van der Waals surface area contributed by atoms with Crippen LogP contribution in [0.25, 0.3) is 0 Å². The summed E-state index contributed by atoms with van der Waals surface area (Å²) in [5.41, 5.74) is 0. The molecule has 0 aliphatic carbocycles. The zero-order chi connectivity index (χ0) is 6.24. The summed E-state index contributed by atoms with van der Waals surface area (Å²) in [7, 11) is 0. The van der Waals surface area contributed by atoms with Gasteiger partial charge in [-0.05, 0) is 6.42 Å². The molecule has 0 heterocycles. The zero-order valence-corrected chi connectivity index (χ0v) is 4.91. The van der Waals surface area contributed by atoms with Gasteiger partial charge in [-0.3, -0.25) is 0 Å². The van der Waals surface area contributed by atoms with E-state index in [1.54, 1.807) is 0 Å². The van der Waals surface area contributed by atoms with E-state index in [0.717, 1.165) is 19.3 Å². The molecule has 0 bridgehead atoms. The Kier molecular flexibility index (Phi) is 6.08. The Hall–Kier alpha value is -0.510. The molecule has 0 saturated carbocycles. The molecule has 0 atom stereocenters. The highest BCUT2D eigenvalue weighted by atomic mass is 19.1. The predicted octanol–water partition coefficient (Wildman–Crippen LogP) is 2.31. The van der Waals surface area contributed by atoms with Crippen molar-refractivity contribution in [3.8, 4) is 12.1 Å². The molecular formula is C7H10F. The van der Waals surface area contributed by atoms with Gasteiger partial charge in [-0.1, -0.05) is 25.7 Å². The standard InChI is InChI=1S/C7H10F/c1-2-3-4-5-6-7-8/h1-5H2. The van der Waals surface area contributed by atoms with E-state index in [9.17, 15) is 4.39 Å². The van der Waals surface area contributed by atoms with Gasteiger partial charge in [-0.25, -0.2) is 0 Å². The number of hydrogen-bond donors (Lipinski definition) is 0. The summed E-state index contributed by atoms with van der Waals surface area (Å²) in [6, 6.07) is 0. The highest BCUT2D eigenvalue weighted by molar-refractivity contribution is 4.89. The topological polar surface area (TPSA) is 0 Å². The predicted molar refractivity (Wildman–Crippen MR) is 32.7 cm³/mol. The molecule has 0 aliphatic rings. The maximum absolute atomic E-state index is 11.0. The van der Waals surface area contributed by atoms with E-state index in [4.69, 9.17) is 0 Å². The third-order valence-corrected chi connectivity index (χ3v) is 0.869. The molecule has 0 aromatic heterocycles. The molecule has 45 valence electrons. The van der Waals surface area contributed by atoms with E-state index in [1.165, 1.54) is 6.17 Å². The average molecular weight is 113 g/mol. The van der Waals surface area contributed by atoms with Crippen LogP contribution in [0.2, 0.25) is 0 Å². The summed E-state index contributed by atoms with van der Waals surface area (Å²) in [6.45, 7) is 3.64. The lowest BCUT2D eigenvalue weighted by Crippen LogP contribution is -1.69. The van der Waals surface area contributed by atoms with Crippen molar-refractivity contribution in [1.29, 1.82) is 0 Å². The SMILES string of the molecule is [CH2]CCCCC#CF. The van der Waals surface area contributed by atoms with Crippen molar-refractivity contribution in [2.24, 2.45) is 0 Å². The third-order valence-electron chi connectivity index (χ3n) is 0.869. The molecule has 0 amide bonds. The van der Waals surface area contributed by atoms with E-state index in [1.807, 2.05) is 0 Å². The number of hydrogen-bond acceptors (Lipinski definition) is 0. The summed E-state index contributed by atoms with van der Waals surface area (Å²) in [5.74, 6) is 2.34. The fourth-order valence-corrected chi connectivity index (χ4v) is 0.437. The minimum atomic E-state index is 0.673. The normalized spacial score (nSPS) is 7.75. The van der Waals surface area contributed by atoms with Crippen LogP contribution in [0, 0.1) is 19.0 Å². The smallest absolute Gasteiger partial charge is 0.105 e. The second kappa shape index (κ2) is 6.49. The second-order valence-corrected chi connectivity index (χ2v) is 1.58. The highest BCUT2D eigenvalue weighted by Crippen LogP contribution is 1.95. The van der Waals surface area contributed by atoms with Crippen molar-refractivity contribution in [2.45, 2.75) is 25.7 Å². The third kappa shape index (κ3) is 5.49. The maximum Gasteiger partial charge on any atom is 0.105 e. The van der Waals surface area contributed by atoms with Gasteiger partial charge in [0.1, 0.15) is 6.17 Å². The molecule has 1 radical (unpaired) electrons. The molecule has 0 saturated heterocycles. The van der Waals surface area contributed by atoms with Gasteiger partial charge in [0.15, 0.2) is 0 Å². The molecule has 0 aromatic rings. The molecular weight excluding hydrogens is 103 g/mol. The largest absolute Gasteiger partial charge is 0.144 e. The fraction of sp³-hybridized carbons (Fsp3) is 0.571. The zero-order valence-electron chi connectivity index (χ0n) is 4.91. The van der Waals surface area contributed by atoms with Crippen LogP contribution < -0.4 is 0 Å². The van der Waals surface area contributed by atoms with Crippen LogP contribution in [-0.4, -0.2) is 0 Å². The second-order valence-electron chi connectivity index (χ2n) is 1.58. The summed E-state index contributed by atoms with van der Waals surface area (Å²) >= 11 is 0. The first kappa shape index (κ1) is 7.49. The van der Waals surface area contributed by atoms with Gasteiger partial charge in [0, 0.05) is 6.42 Å². The Bertz CT molecular complexity index is 86.3. The minimum absolute atomic E-state index is 0.673. The van der Waals surface area contributed by atoms with Gasteiger partial charge in [0.05, 0.1) is 0 Å². The van der Waals surface area contributed by atoms with Gasteiger partial charge < -0.3 is 0 Å². The molecule has 0 aromatic carbocycles. The summed E-state index contributed by atoms with van der Waals surface area (Å²) in [5, 5.41) is 0. The molecule has 0 spiro atoms. The van der Waals surface area contributed by atoms with Crippen LogP contribution in [0.15, 0.2) is 0 Å². The van der Waals surface area contributed by atoms with E-state index >= 15 is 0 Å². The van der Waals surface area contributed by atoms with Crippen LogP contribution in [-0.2, 0) is 0 Å². The molecule has 0 N–H and O–H groups in total. The lowest BCUT2D eigenvalue weighted by Gasteiger charge is -1.86. The molecule has 0 aliphatic heterocycles. The number of unbranched alkanes of at least 4 members (excludes halogenated alkanes) is 3. The summed E-state index contributed by atoms with van der Waals surface area (Å²) < 4.78 is 11.0. The molecule has 8 heavy (non-hydrogen) atoms. The molecule has 0 nitrogen and oxygen atoms in total. The van der Waals surface area contributed by atoms with Crippen molar-refractivity contribution >= 4 is 0 Å². The van der Waals surface area contributed by atoms with Crippen molar-refractivity contribution in [1.82, 2.24) is 0 Å². The van der Waals surface area contributed by atoms with Crippen molar-refractivity contribution < 1.29 is 4.39 Å². The van der Waals surface area contributed by atoms with Crippen LogP contribution in [0.3, 0.4) is 0 Å². The number of halogens is 1. The summed E-state index contributed by atoms with van der Waals surface area (Å²) in [4.78, 5) is 0. The molecule has 0 fully saturated rings. The maximum atomic E-state index is 11.0. The van der Waals surface area contributed by atoms with E-state index in [0.29, 0.717) is 6.42 Å². The van der Waals surface area contributed by atoms with Gasteiger partial charge in [0.2, 0.25) is 0 Å². The van der Waals surface area contributed by atoms with Crippen molar-refractivity contribution in [3.05, 3.63) is 6.92 Å². The molecule has 1 heteroatoms.